The number of hydrogen-bond acceptors (Lipinski definition) is 3. The van der Waals surface area contributed by atoms with E-state index < -0.39 is 0 Å². The average molecular weight is 274 g/mol. The van der Waals surface area contributed by atoms with E-state index in [4.69, 9.17) is 5.26 Å². The molecule has 0 radical (unpaired) electrons. The van der Waals surface area contributed by atoms with Gasteiger partial charge in [0.05, 0.1) is 23.5 Å². The van der Waals surface area contributed by atoms with E-state index in [2.05, 4.69) is 16.5 Å². The monoisotopic (exact) mass is 274 g/mol. The van der Waals surface area contributed by atoms with Gasteiger partial charge in [0, 0.05) is 24.0 Å². The minimum absolute atomic E-state index is 0.653. The topological polar surface area (TPSA) is 53.6 Å². The van der Waals surface area contributed by atoms with E-state index in [9.17, 15) is 0 Å². The Morgan fingerprint density at radius 2 is 1.95 bits per heavy atom. The van der Waals surface area contributed by atoms with E-state index in [0.717, 1.165) is 16.9 Å². The molecule has 4 heteroatoms. The number of nitriles is 1. The zero-order chi connectivity index (χ0) is 14.5. The fourth-order valence-electron chi connectivity index (χ4n) is 2.08. The Labute approximate surface area is 123 Å². The zero-order valence-corrected chi connectivity index (χ0v) is 11.4. The van der Waals surface area contributed by atoms with Gasteiger partial charge in [-0.05, 0) is 30.3 Å². The SMILES string of the molecule is N#Cc1cccc(NCc2cnn(-c3ccccc3)c2)c1. The van der Waals surface area contributed by atoms with E-state index in [-0.39, 0.29) is 0 Å². The van der Waals surface area contributed by atoms with Crippen molar-refractivity contribution in [2.75, 3.05) is 5.32 Å². The van der Waals surface area contributed by atoms with Gasteiger partial charge in [-0.15, -0.1) is 0 Å². The smallest absolute Gasteiger partial charge is 0.0992 e. The normalized spacial score (nSPS) is 10.0. The number of rotatable bonds is 4. The highest BCUT2D eigenvalue weighted by molar-refractivity contribution is 5.49. The van der Waals surface area contributed by atoms with Crippen LogP contribution in [0, 0.1) is 11.3 Å². The van der Waals surface area contributed by atoms with Crippen molar-refractivity contribution in [3.8, 4) is 11.8 Å². The van der Waals surface area contributed by atoms with Crippen LogP contribution in [0.2, 0.25) is 0 Å². The molecule has 2 aromatic carbocycles. The molecule has 0 aliphatic heterocycles. The van der Waals surface area contributed by atoms with Crippen molar-refractivity contribution in [3.05, 3.63) is 78.1 Å². The number of aromatic nitrogens is 2. The fourth-order valence-corrected chi connectivity index (χ4v) is 2.08. The van der Waals surface area contributed by atoms with Crippen LogP contribution in [0.1, 0.15) is 11.1 Å². The van der Waals surface area contributed by atoms with Crippen LogP contribution < -0.4 is 5.32 Å². The molecule has 21 heavy (non-hydrogen) atoms. The van der Waals surface area contributed by atoms with Gasteiger partial charge in [0.25, 0.3) is 0 Å². The second kappa shape index (κ2) is 5.93. The Hall–Kier alpha value is -3.06. The summed E-state index contributed by atoms with van der Waals surface area (Å²) in [5.74, 6) is 0. The maximum Gasteiger partial charge on any atom is 0.0992 e. The van der Waals surface area contributed by atoms with Crippen molar-refractivity contribution in [2.45, 2.75) is 6.54 Å². The molecule has 0 aliphatic rings. The molecule has 0 bridgehead atoms. The molecule has 0 saturated heterocycles. The highest BCUT2D eigenvalue weighted by Crippen LogP contribution is 2.12. The number of anilines is 1. The molecule has 1 aromatic heterocycles. The Kier molecular flexibility index (Phi) is 3.66. The quantitative estimate of drug-likeness (QED) is 0.793. The van der Waals surface area contributed by atoms with E-state index in [1.54, 1.807) is 6.07 Å². The first kappa shape index (κ1) is 12.9. The lowest BCUT2D eigenvalue weighted by atomic mass is 10.2. The van der Waals surface area contributed by atoms with Crippen LogP contribution in [0.15, 0.2) is 67.0 Å². The molecule has 3 rings (SSSR count). The highest BCUT2D eigenvalue weighted by Gasteiger charge is 2.01. The fraction of sp³-hybridized carbons (Fsp3) is 0.0588. The van der Waals surface area contributed by atoms with Gasteiger partial charge in [0.1, 0.15) is 0 Å². The summed E-state index contributed by atoms with van der Waals surface area (Å²) >= 11 is 0. The molecule has 1 N–H and O–H groups in total. The summed E-state index contributed by atoms with van der Waals surface area (Å²) in [6.07, 6.45) is 3.84. The molecule has 3 aromatic rings. The first-order chi connectivity index (χ1) is 10.3. The lowest BCUT2D eigenvalue weighted by Gasteiger charge is -2.04. The largest absolute Gasteiger partial charge is 0.381 e. The van der Waals surface area contributed by atoms with Gasteiger partial charge in [-0.1, -0.05) is 24.3 Å². The van der Waals surface area contributed by atoms with Gasteiger partial charge in [-0.2, -0.15) is 10.4 Å². The van der Waals surface area contributed by atoms with Crippen molar-refractivity contribution in [2.24, 2.45) is 0 Å². The molecular weight excluding hydrogens is 260 g/mol. The maximum atomic E-state index is 8.89. The van der Waals surface area contributed by atoms with E-state index in [1.807, 2.05) is 65.6 Å². The van der Waals surface area contributed by atoms with E-state index in [0.29, 0.717) is 12.1 Å². The van der Waals surface area contributed by atoms with Crippen LogP contribution in [0.25, 0.3) is 5.69 Å². The number of para-hydroxylation sites is 1. The van der Waals surface area contributed by atoms with Gasteiger partial charge < -0.3 is 5.32 Å². The van der Waals surface area contributed by atoms with Gasteiger partial charge in [-0.25, -0.2) is 4.68 Å². The van der Waals surface area contributed by atoms with E-state index in [1.165, 1.54) is 0 Å². The van der Waals surface area contributed by atoms with Crippen LogP contribution >= 0.6 is 0 Å². The van der Waals surface area contributed by atoms with Gasteiger partial charge in [0.2, 0.25) is 0 Å². The number of nitrogens with zero attached hydrogens (tertiary/aromatic N) is 3. The molecule has 1 heterocycles. The molecule has 0 saturated carbocycles. The number of nitrogens with one attached hydrogen (secondary N) is 1. The molecule has 0 aliphatic carbocycles. The molecule has 0 unspecified atom stereocenters. The Balaban J connectivity index is 1.69. The highest BCUT2D eigenvalue weighted by atomic mass is 15.3. The Bertz CT molecular complexity index is 769. The first-order valence-corrected chi connectivity index (χ1v) is 6.68. The lowest BCUT2D eigenvalue weighted by molar-refractivity contribution is 0.880. The third-order valence-electron chi connectivity index (χ3n) is 3.15. The minimum Gasteiger partial charge on any atom is -0.381 e. The standard InChI is InChI=1S/C17H14N4/c18-10-14-5-4-6-16(9-14)19-11-15-12-20-21(13-15)17-7-2-1-3-8-17/h1-9,12-13,19H,11H2. The van der Waals surface area contributed by atoms with Crippen molar-refractivity contribution >= 4 is 5.69 Å². The maximum absolute atomic E-state index is 8.89. The molecule has 0 amide bonds. The molecule has 0 fully saturated rings. The van der Waals surface area contributed by atoms with Crippen molar-refractivity contribution in [1.29, 1.82) is 5.26 Å². The van der Waals surface area contributed by atoms with Crippen molar-refractivity contribution in [3.63, 3.8) is 0 Å². The summed E-state index contributed by atoms with van der Waals surface area (Å²) in [6, 6.07) is 19.6. The lowest BCUT2D eigenvalue weighted by Crippen LogP contribution is -1.98. The predicted molar refractivity (Wildman–Crippen MR) is 82.0 cm³/mol. The number of hydrogen-bond donors (Lipinski definition) is 1. The Morgan fingerprint density at radius 1 is 1.10 bits per heavy atom. The predicted octanol–water partition coefficient (Wildman–Crippen LogP) is 3.36. The van der Waals surface area contributed by atoms with Crippen LogP contribution in [-0.2, 0) is 6.54 Å². The van der Waals surface area contributed by atoms with Gasteiger partial charge >= 0.3 is 0 Å². The summed E-state index contributed by atoms with van der Waals surface area (Å²) in [5, 5.41) is 16.5. The average Bonchev–Trinajstić information content (AvgIpc) is 3.03. The third kappa shape index (κ3) is 3.10. The van der Waals surface area contributed by atoms with Gasteiger partial charge in [0.15, 0.2) is 0 Å². The van der Waals surface area contributed by atoms with Crippen molar-refractivity contribution in [1.82, 2.24) is 9.78 Å². The van der Waals surface area contributed by atoms with Crippen LogP contribution in [0.4, 0.5) is 5.69 Å². The molecular formula is C17H14N4. The minimum atomic E-state index is 0.653. The Morgan fingerprint density at radius 3 is 2.76 bits per heavy atom. The first-order valence-electron chi connectivity index (χ1n) is 6.68. The van der Waals surface area contributed by atoms with Crippen LogP contribution in [-0.4, -0.2) is 9.78 Å². The summed E-state index contributed by atoms with van der Waals surface area (Å²) in [5.41, 5.74) is 3.71. The van der Waals surface area contributed by atoms with Gasteiger partial charge in [-0.3, -0.25) is 0 Å². The van der Waals surface area contributed by atoms with E-state index >= 15 is 0 Å². The summed E-state index contributed by atoms with van der Waals surface area (Å²) < 4.78 is 1.85. The second-order valence-electron chi connectivity index (χ2n) is 4.67. The number of benzene rings is 2. The summed E-state index contributed by atoms with van der Waals surface area (Å²) in [7, 11) is 0. The molecule has 0 spiro atoms. The summed E-state index contributed by atoms with van der Waals surface area (Å²) in [6.45, 7) is 0.668. The molecule has 4 nitrogen and oxygen atoms in total. The third-order valence-corrected chi connectivity index (χ3v) is 3.15. The summed E-state index contributed by atoms with van der Waals surface area (Å²) in [4.78, 5) is 0. The second-order valence-corrected chi connectivity index (χ2v) is 4.67. The van der Waals surface area contributed by atoms with Crippen molar-refractivity contribution < 1.29 is 0 Å². The molecule has 102 valence electrons. The van der Waals surface area contributed by atoms with Crippen LogP contribution in [0.5, 0.6) is 0 Å². The van der Waals surface area contributed by atoms with Crippen LogP contribution in [0.3, 0.4) is 0 Å². The zero-order valence-electron chi connectivity index (χ0n) is 11.4. The molecule has 0 atom stereocenters.